The van der Waals surface area contributed by atoms with E-state index in [1.165, 1.54) is 26.3 Å². The molecular formula is C18H24N4O5S. The molecule has 1 aromatic carbocycles. The van der Waals surface area contributed by atoms with E-state index in [2.05, 4.69) is 15.6 Å². The maximum absolute atomic E-state index is 12.5. The molecule has 0 fully saturated rings. The molecule has 2 rings (SSSR count). The third-order valence-corrected chi connectivity index (χ3v) is 5.41. The molecule has 1 aromatic heterocycles. The Balaban J connectivity index is 2.23. The number of carbonyl (C=O) groups excluding carboxylic acids is 2. The van der Waals surface area contributed by atoms with E-state index in [0.717, 1.165) is 5.69 Å². The van der Waals surface area contributed by atoms with E-state index in [0.29, 0.717) is 5.56 Å². The Kier molecular flexibility index (Phi) is 6.34. The first kappa shape index (κ1) is 21.3. The van der Waals surface area contributed by atoms with Gasteiger partial charge in [0, 0.05) is 18.9 Å². The van der Waals surface area contributed by atoms with Crippen molar-refractivity contribution in [2.24, 2.45) is 0 Å². The average Bonchev–Trinajstić information content (AvgIpc) is 3.16. The number of amides is 3. The smallest absolute Gasteiger partial charge is 0.328 e. The van der Waals surface area contributed by atoms with Crippen LogP contribution < -0.4 is 20.1 Å². The zero-order valence-electron chi connectivity index (χ0n) is 16.1. The van der Waals surface area contributed by atoms with Gasteiger partial charge in [-0.2, -0.15) is 0 Å². The Hall–Kier alpha value is -3.01. The van der Waals surface area contributed by atoms with Crippen molar-refractivity contribution < 1.29 is 22.7 Å². The average molecular weight is 408 g/mol. The Morgan fingerprint density at radius 2 is 1.93 bits per heavy atom. The number of hydrogen-bond donors (Lipinski definition) is 4. The number of rotatable bonds is 7. The maximum Gasteiger partial charge on any atom is 0.328 e. The fourth-order valence-corrected chi connectivity index (χ4v) is 3.81. The van der Waals surface area contributed by atoms with Crippen LogP contribution in [0.15, 0.2) is 41.4 Å². The van der Waals surface area contributed by atoms with Gasteiger partial charge in [-0.3, -0.25) is 4.79 Å². The van der Waals surface area contributed by atoms with Gasteiger partial charge in [-0.05, 0) is 43.7 Å². The normalized spacial score (nSPS) is 11.6. The number of H-pyrrole nitrogens is 1. The lowest BCUT2D eigenvalue weighted by Gasteiger charge is -2.25. The van der Waals surface area contributed by atoms with E-state index >= 15 is 0 Å². The van der Waals surface area contributed by atoms with E-state index < -0.39 is 21.6 Å². The molecule has 152 valence electrons. The highest BCUT2D eigenvalue weighted by Gasteiger charge is 2.25. The first-order chi connectivity index (χ1) is 13.1. The van der Waals surface area contributed by atoms with Crippen molar-refractivity contribution in [3.63, 3.8) is 0 Å². The molecule has 0 aliphatic rings. The summed E-state index contributed by atoms with van der Waals surface area (Å²) in [5.74, 6) is -0.223. The number of benzene rings is 1. The van der Waals surface area contributed by atoms with Gasteiger partial charge in [-0.1, -0.05) is 6.07 Å². The summed E-state index contributed by atoms with van der Waals surface area (Å²) in [6.07, 6.45) is 1.72. The van der Waals surface area contributed by atoms with Crippen LogP contribution in [-0.2, 0) is 26.8 Å². The first-order valence-corrected chi connectivity index (χ1v) is 9.93. The predicted molar refractivity (Wildman–Crippen MR) is 103 cm³/mol. The van der Waals surface area contributed by atoms with E-state index in [1.54, 1.807) is 12.3 Å². The van der Waals surface area contributed by atoms with E-state index in [4.69, 9.17) is 4.74 Å². The number of carbonyl (C=O) groups is 2. The summed E-state index contributed by atoms with van der Waals surface area (Å²) in [5.41, 5.74) is 0.675. The highest BCUT2D eigenvalue weighted by molar-refractivity contribution is 7.90. The van der Waals surface area contributed by atoms with Crippen LogP contribution in [0.3, 0.4) is 0 Å². The SMILES string of the molecule is CNC(=O)NS(=O)(=O)c1cc(CC(=O)NC(C)(C)c2ccc[nH]2)ccc1OC. The van der Waals surface area contributed by atoms with Crippen LogP contribution in [0.1, 0.15) is 25.1 Å². The maximum atomic E-state index is 12.5. The molecular weight excluding hydrogens is 384 g/mol. The van der Waals surface area contributed by atoms with Crippen LogP contribution in [0.25, 0.3) is 0 Å². The monoisotopic (exact) mass is 408 g/mol. The minimum atomic E-state index is -4.17. The zero-order chi connectivity index (χ0) is 20.9. The van der Waals surface area contributed by atoms with Crippen LogP contribution in [0.5, 0.6) is 5.75 Å². The number of aromatic nitrogens is 1. The van der Waals surface area contributed by atoms with Crippen molar-refractivity contribution in [2.75, 3.05) is 14.2 Å². The van der Waals surface area contributed by atoms with Crippen LogP contribution in [0, 0.1) is 0 Å². The Bertz CT molecular complexity index is 952. The summed E-state index contributed by atoms with van der Waals surface area (Å²) in [7, 11) is -1.55. The molecule has 4 N–H and O–H groups in total. The lowest BCUT2D eigenvalue weighted by molar-refractivity contribution is -0.122. The molecule has 0 bridgehead atoms. The van der Waals surface area contributed by atoms with Crippen LogP contribution in [-0.4, -0.2) is 39.5 Å². The lowest BCUT2D eigenvalue weighted by Crippen LogP contribution is -2.42. The van der Waals surface area contributed by atoms with Crippen molar-refractivity contribution in [3.05, 3.63) is 47.8 Å². The third-order valence-electron chi connectivity index (χ3n) is 4.06. The van der Waals surface area contributed by atoms with Crippen molar-refractivity contribution in [2.45, 2.75) is 30.7 Å². The highest BCUT2D eigenvalue weighted by atomic mass is 32.2. The molecule has 0 saturated carbocycles. The van der Waals surface area contributed by atoms with Crippen LogP contribution >= 0.6 is 0 Å². The van der Waals surface area contributed by atoms with Crippen molar-refractivity contribution in [1.29, 1.82) is 0 Å². The molecule has 0 saturated heterocycles. The number of hydrogen-bond acceptors (Lipinski definition) is 5. The predicted octanol–water partition coefficient (Wildman–Crippen LogP) is 1.24. The van der Waals surface area contributed by atoms with Gasteiger partial charge in [-0.15, -0.1) is 0 Å². The second kappa shape index (κ2) is 8.34. The van der Waals surface area contributed by atoms with Gasteiger partial charge in [0.1, 0.15) is 10.6 Å². The molecule has 0 radical (unpaired) electrons. The van der Waals surface area contributed by atoms with Crippen molar-refractivity contribution >= 4 is 22.0 Å². The minimum absolute atomic E-state index is 0.0450. The van der Waals surface area contributed by atoms with Gasteiger partial charge in [-0.25, -0.2) is 17.9 Å². The molecule has 28 heavy (non-hydrogen) atoms. The molecule has 0 atom stereocenters. The lowest BCUT2D eigenvalue weighted by atomic mass is 10.00. The summed E-state index contributed by atoms with van der Waals surface area (Å²) < 4.78 is 31.8. The molecule has 0 spiro atoms. The third kappa shape index (κ3) is 5.03. The van der Waals surface area contributed by atoms with Gasteiger partial charge >= 0.3 is 6.03 Å². The Morgan fingerprint density at radius 3 is 2.50 bits per heavy atom. The van der Waals surface area contributed by atoms with E-state index in [-0.39, 0.29) is 23.0 Å². The minimum Gasteiger partial charge on any atom is -0.495 e. The quantitative estimate of drug-likeness (QED) is 0.548. The summed E-state index contributed by atoms with van der Waals surface area (Å²) in [5, 5.41) is 5.08. The van der Waals surface area contributed by atoms with E-state index in [9.17, 15) is 18.0 Å². The fraction of sp³-hybridized carbons (Fsp3) is 0.333. The van der Waals surface area contributed by atoms with Crippen LogP contribution in [0.4, 0.5) is 4.79 Å². The summed E-state index contributed by atoms with van der Waals surface area (Å²) in [6, 6.07) is 7.17. The number of nitrogens with one attached hydrogen (secondary N) is 4. The number of aromatic amines is 1. The van der Waals surface area contributed by atoms with Crippen molar-refractivity contribution in [1.82, 2.24) is 20.3 Å². The molecule has 2 aromatic rings. The first-order valence-electron chi connectivity index (χ1n) is 8.45. The van der Waals surface area contributed by atoms with Crippen LogP contribution in [0.2, 0.25) is 0 Å². The molecule has 3 amide bonds. The molecule has 0 aliphatic heterocycles. The fourth-order valence-electron chi connectivity index (χ4n) is 2.63. The Morgan fingerprint density at radius 1 is 1.21 bits per heavy atom. The molecule has 0 aliphatic carbocycles. The molecule has 0 unspecified atom stereocenters. The van der Waals surface area contributed by atoms with Gasteiger partial charge < -0.3 is 20.4 Å². The van der Waals surface area contributed by atoms with Gasteiger partial charge in [0.2, 0.25) is 5.91 Å². The number of ether oxygens (including phenoxy) is 1. The summed E-state index contributed by atoms with van der Waals surface area (Å²) in [4.78, 5) is 26.7. The molecule has 1 heterocycles. The largest absolute Gasteiger partial charge is 0.495 e. The topological polar surface area (TPSA) is 129 Å². The zero-order valence-corrected chi connectivity index (χ0v) is 16.9. The summed E-state index contributed by atoms with van der Waals surface area (Å²) in [6.45, 7) is 3.71. The number of sulfonamides is 1. The van der Waals surface area contributed by atoms with Gasteiger partial charge in [0.05, 0.1) is 19.1 Å². The second-order valence-corrected chi connectivity index (χ2v) is 8.25. The Labute approximate surface area is 163 Å². The standard InChI is InChI=1S/C18H24N4O5S/c1-18(2,15-6-5-9-20-15)21-16(23)11-12-7-8-13(27-4)14(10-12)28(25,26)22-17(24)19-3/h5-10,20H,11H2,1-4H3,(H,21,23)(H2,19,22,24). The van der Waals surface area contributed by atoms with E-state index in [1.807, 2.05) is 30.7 Å². The highest BCUT2D eigenvalue weighted by Crippen LogP contribution is 2.25. The molecule has 9 nitrogen and oxygen atoms in total. The second-order valence-electron chi connectivity index (χ2n) is 6.60. The van der Waals surface area contributed by atoms with Gasteiger partial charge in [0.15, 0.2) is 0 Å². The molecule has 10 heteroatoms. The van der Waals surface area contributed by atoms with Crippen molar-refractivity contribution in [3.8, 4) is 5.75 Å². The number of urea groups is 1. The number of methoxy groups -OCH3 is 1. The summed E-state index contributed by atoms with van der Waals surface area (Å²) >= 11 is 0. The van der Waals surface area contributed by atoms with Gasteiger partial charge in [0.25, 0.3) is 10.0 Å².